The van der Waals surface area contributed by atoms with Crippen LogP contribution in [0.3, 0.4) is 0 Å². The van der Waals surface area contributed by atoms with Gasteiger partial charge in [0.25, 0.3) is 0 Å². The van der Waals surface area contributed by atoms with Gasteiger partial charge in [-0.3, -0.25) is 0 Å². The molecule has 0 radical (unpaired) electrons. The Morgan fingerprint density at radius 2 is 2.05 bits per heavy atom. The van der Waals surface area contributed by atoms with Crippen LogP contribution in [0, 0.1) is 0 Å². The molecule has 8 nitrogen and oxygen atoms in total. The van der Waals surface area contributed by atoms with Crippen LogP contribution in [0.25, 0.3) is 0 Å². The molecule has 1 aliphatic rings. The number of aromatic nitrogens is 5. The highest BCUT2D eigenvalue weighted by atomic mass is 35.5. The highest BCUT2D eigenvalue weighted by molar-refractivity contribution is 6.28. The van der Waals surface area contributed by atoms with Crippen LogP contribution in [0.15, 0.2) is 10.9 Å². The fourth-order valence-electron chi connectivity index (χ4n) is 2.24. The molecule has 0 aliphatic carbocycles. The van der Waals surface area contributed by atoms with Gasteiger partial charge in [-0.1, -0.05) is 5.16 Å². The SMILES string of the molecule is Clc1nc(NCCc2ncno2)nc(N2CCCCC2)n1. The third-order valence-electron chi connectivity index (χ3n) is 3.26. The van der Waals surface area contributed by atoms with E-state index in [9.17, 15) is 0 Å². The molecular formula is C12H16ClN7O. The summed E-state index contributed by atoms with van der Waals surface area (Å²) in [6, 6.07) is 0. The Kier molecular flexibility index (Phi) is 4.44. The van der Waals surface area contributed by atoms with Crippen molar-refractivity contribution in [2.45, 2.75) is 25.7 Å². The quantitative estimate of drug-likeness (QED) is 0.889. The van der Waals surface area contributed by atoms with Gasteiger partial charge in [0, 0.05) is 26.1 Å². The molecule has 2 aromatic rings. The predicted octanol–water partition coefficient (Wildman–Crippen LogP) is 1.55. The summed E-state index contributed by atoms with van der Waals surface area (Å²) in [7, 11) is 0. The van der Waals surface area contributed by atoms with Crippen molar-refractivity contribution in [2.75, 3.05) is 29.9 Å². The number of anilines is 2. The Balaban J connectivity index is 1.63. The first-order valence-electron chi connectivity index (χ1n) is 6.97. The summed E-state index contributed by atoms with van der Waals surface area (Å²) in [6.07, 6.45) is 5.54. The van der Waals surface area contributed by atoms with Crippen molar-refractivity contribution >= 4 is 23.5 Å². The lowest BCUT2D eigenvalue weighted by molar-refractivity contribution is 0.379. The van der Waals surface area contributed by atoms with Gasteiger partial charge in [-0.25, -0.2) is 0 Å². The zero-order chi connectivity index (χ0) is 14.5. The predicted molar refractivity (Wildman–Crippen MR) is 77.4 cm³/mol. The molecule has 112 valence electrons. The minimum absolute atomic E-state index is 0.200. The molecule has 3 rings (SSSR count). The maximum Gasteiger partial charge on any atom is 0.231 e. The molecule has 0 aromatic carbocycles. The summed E-state index contributed by atoms with van der Waals surface area (Å²) < 4.78 is 4.93. The molecule has 0 unspecified atom stereocenters. The lowest BCUT2D eigenvalue weighted by Gasteiger charge is -2.26. The van der Waals surface area contributed by atoms with Gasteiger partial charge >= 0.3 is 0 Å². The van der Waals surface area contributed by atoms with Crippen LogP contribution >= 0.6 is 11.6 Å². The van der Waals surface area contributed by atoms with E-state index in [1.54, 1.807) is 0 Å². The van der Waals surface area contributed by atoms with Gasteiger partial charge in [-0.05, 0) is 30.9 Å². The summed E-state index contributed by atoms with van der Waals surface area (Å²) in [4.78, 5) is 18.8. The molecule has 0 atom stereocenters. The maximum absolute atomic E-state index is 5.98. The molecule has 21 heavy (non-hydrogen) atoms. The second-order valence-corrected chi connectivity index (χ2v) is 5.13. The van der Waals surface area contributed by atoms with Crippen LogP contribution in [-0.4, -0.2) is 44.7 Å². The van der Waals surface area contributed by atoms with Crippen LogP contribution < -0.4 is 10.2 Å². The number of rotatable bonds is 5. The molecule has 3 heterocycles. The Morgan fingerprint density at radius 1 is 1.19 bits per heavy atom. The molecular weight excluding hydrogens is 294 g/mol. The minimum Gasteiger partial charge on any atom is -0.354 e. The van der Waals surface area contributed by atoms with Crippen LogP contribution in [0.1, 0.15) is 25.2 Å². The third kappa shape index (κ3) is 3.78. The molecule has 1 fully saturated rings. The largest absolute Gasteiger partial charge is 0.354 e. The first kappa shape index (κ1) is 14.0. The van der Waals surface area contributed by atoms with Gasteiger partial charge in [0.2, 0.25) is 23.1 Å². The van der Waals surface area contributed by atoms with E-state index in [0.717, 1.165) is 25.9 Å². The number of hydrogen-bond acceptors (Lipinski definition) is 8. The van der Waals surface area contributed by atoms with Gasteiger partial charge in [0.15, 0.2) is 6.33 Å². The van der Waals surface area contributed by atoms with Crippen LogP contribution in [0.5, 0.6) is 0 Å². The Bertz CT molecular complexity index is 571. The van der Waals surface area contributed by atoms with E-state index in [4.69, 9.17) is 16.1 Å². The van der Waals surface area contributed by atoms with Gasteiger partial charge in [0.1, 0.15) is 0 Å². The molecule has 0 spiro atoms. The number of nitrogens with zero attached hydrogens (tertiary/aromatic N) is 6. The van der Waals surface area contributed by atoms with E-state index in [1.165, 1.54) is 12.7 Å². The van der Waals surface area contributed by atoms with Crippen molar-refractivity contribution in [1.29, 1.82) is 0 Å². The highest BCUT2D eigenvalue weighted by Gasteiger charge is 2.15. The summed E-state index contributed by atoms with van der Waals surface area (Å²) in [5.74, 6) is 1.67. The zero-order valence-electron chi connectivity index (χ0n) is 11.5. The maximum atomic E-state index is 5.98. The molecule has 0 saturated carbocycles. The fourth-order valence-corrected chi connectivity index (χ4v) is 2.40. The van der Waals surface area contributed by atoms with Crippen molar-refractivity contribution < 1.29 is 4.52 Å². The van der Waals surface area contributed by atoms with Crippen molar-refractivity contribution in [3.8, 4) is 0 Å². The lowest BCUT2D eigenvalue weighted by Crippen LogP contribution is -2.31. The van der Waals surface area contributed by atoms with Gasteiger partial charge in [-0.15, -0.1) is 0 Å². The van der Waals surface area contributed by atoms with Crippen LogP contribution in [0.2, 0.25) is 5.28 Å². The van der Waals surface area contributed by atoms with Crippen molar-refractivity contribution in [1.82, 2.24) is 25.1 Å². The van der Waals surface area contributed by atoms with Crippen molar-refractivity contribution in [3.05, 3.63) is 17.5 Å². The molecule has 1 saturated heterocycles. The zero-order valence-corrected chi connectivity index (χ0v) is 12.3. The number of piperidine rings is 1. The summed E-state index contributed by atoms with van der Waals surface area (Å²) in [6.45, 7) is 2.51. The third-order valence-corrected chi connectivity index (χ3v) is 3.43. The summed E-state index contributed by atoms with van der Waals surface area (Å²) in [5, 5.41) is 6.86. The van der Waals surface area contributed by atoms with Crippen LogP contribution in [-0.2, 0) is 6.42 Å². The second-order valence-electron chi connectivity index (χ2n) is 4.79. The van der Waals surface area contributed by atoms with Gasteiger partial charge in [0.05, 0.1) is 0 Å². The monoisotopic (exact) mass is 309 g/mol. The molecule has 0 bridgehead atoms. The molecule has 0 amide bonds. The van der Waals surface area contributed by atoms with E-state index >= 15 is 0 Å². The van der Waals surface area contributed by atoms with E-state index in [1.807, 2.05) is 0 Å². The number of halogens is 1. The first-order chi connectivity index (χ1) is 10.3. The highest BCUT2D eigenvalue weighted by Crippen LogP contribution is 2.18. The van der Waals surface area contributed by atoms with E-state index in [0.29, 0.717) is 30.8 Å². The number of hydrogen-bond donors (Lipinski definition) is 1. The minimum atomic E-state index is 0.200. The van der Waals surface area contributed by atoms with E-state index in [2.05, 4.69) is 35.3 Å². The Hall–Kier alpha value is -1.96. The normalized spacial score (nSPS) is 15.2. The first-order valence-corrected chi connectivity index (χ1v) is 7.35. The van der Waals surface area contributed by atoms with Gasteiger partial charge < -0.3 is 14.7 Å². The smallest absolute Gasteiger partial charge is 0.231 e. The standard InChI is InChI=1S/C12H16ClN7O/c13-10-17-11(14-5-4-9-15-8-16-21-9)19-12(18-10)20-6-2-1-3-7-20/h8H,1-7H2,(H,14,17,18,19). The van der Waals surface area contributed by atoms with E-state index in [-0.39, 0.29) is 5.28 Å². The molecule has 1 N–H and O–H groups in total. The number of nitrogens with one attached hydrogen (secondary N) is 1. The lowest BCUT2D eigenvalue weighted by atomic mass is 10.1. The topological polar surface area (TPSA) is 92.9 Å². The fraction of sp³-hybridized carbons (Fsp3) is 0.583. The average molecular weight is 310 g/mol. The molecule has 9 heteroatoms. The second kappa shape index (κ2) is 6.66. The van der Waals surface area contributed by atoms with Gasteiger partial charge in [-0.2, -0.15) is 19.9 Å². The summed E-state index contributed by atoms with van der Waals surface area (Å²) in [5.41, 5.74) is 0. The Labute approximate surface area is 126 Å². The van der Waals surface area contributed by atoms with Crippen molar-refractivity contribution in [3.63, 3.8) is 0 Å². The van der Waals surface area contributed by atoms with Crippen LogP contribution in [0.4, 0.5) is 11.9 Å². The molecule has 2 aromatic heterocycles. The van der Waals surface area contributed by atoms with Crippen molar-refractivity contribution in [2.24, 2.45) is 0 Å². The Morgan fingerprint density at radius 3 is 2.81 bits per heavy atom. The molecule has 1 aliphatic heterocycles. The summed E-state index contributed by atoms with van der Waals surface area (Å²) >= 11 is 5.98. The van der Waals surface area contributed by atoms with E-state index < -0.39 is 0 Å². The average Bonchev–Trinajstić information content (AvgIpc) is 3.01.